The van der Waals surface area contributed by atoms with Crippen molar-refractivity contribution in [1.29, 1.82) is 0 Å². The molecule has 19 heavy (non-hydrogen) atoms. The summed E-state index contributed by atoms with van der Waals surface area (Å²) in [4.78, 5) is 12.2. The topological polar surface area (TPSA) is 46.9 Å². The molecule has 0 saturated heterocycles. The van der Waals surface area contributed by atoms with Gasteiger partial charge in [-0.1, -0.05) is 17.7 Å². The molecule has 6 heteroatoms. The van der Waals surface area contributed by atoms with E-state index in [4.69, 9.17) is 11.6 Å². The number of halogens is 2. The summed E-state index contributed by atoms with van der Waals surface area (Å²) in [6, 6.07) is 5.39. The van der Waals surface area contributed by atoms with Gasteiger partial charge in [0.1, 0.15) is 0 Å². The summed E-state index contributed by atoms with van der Waals surface area (Å²) < 4.78 is 2.37. The number of rotatable bonds is 3. The molecule has 0 spiro atoms. The highest BCUT2D eigenvalue weighted by atomic mass is 79.9. The molecule has 2 aromatic rings. The molecule has 0 radical (unpaired) electrons. The molecular weight excluding hydrogens is 330 g/mol. The maximum atomic E-state index is 12.2. The van der Waals surface area contributed by atoms with Gasteiger partial charge in [-0.2, -0.15) is 5.10 Å². The summed E-state index contributed by atoms with van der Waals surface area (Å²) in [6.07, 6.45) is 1.78. The van der Waals surface area contributed by atoms with Crippen LogP contribution in [0.1, 0.15) is 23.0 Å². The number of nitrogens with one attached hydrogen (secondary N) is 1. The van der Waals surface area contributed by atoms with Crippen molar-refractivity contribution in [2.75, 3.05) is 5.32 Å². The van der Waals surface area contributed by atoms with E-state index >= 15 is 0 Å². The molecule has 0 saturated carbocycles. The molecule has 0 aliphatic carbocycles. The fraction of sp³-hybridized carbons (Fsp3) is 0.231. The normalized spacial score (nSPS) is 10.5. The number of benzene rings is 1. The van der Waals surface area contributed by atoms with Gasteiger partial charge < -0.3 is 5.32 Å². The minimum absolute atomic E-state index is 0.260. The van der Waals surface area contributed by atoms with Gasteiger partial charge in [0.15, 0.2) is 5.69 Å². The number of amides is 1. The van der Waals surface area contributed by atoms with Crippen molar-refractivity contribution in [2.24, 2.45) is 0 Å². The lowest BCUT2D eigenvalue weighted by atomic mass is 10.2. The minimum Gasteiger partial charge on any atom is -0.320 e. The van der Waals surface area contributed by atoms with Gasteiger partial charge in [0.05, 0.1) is 4.47 Å². The molecule has 0 unspecified atom stereocenters. The largest absolute Gasteiger partial charge is 0.320 e. The lowest BCUT2D eigenvalue weighted by molar-refractivity contribution is 0.102. The van der Waals surface area contributed by atoms with Gasteiger partial charge in [-0.3, -0.25) is 9.48 Å². The monoisotopic (exact) mass is 341 g/mol. The summed E-state index contributed by atoms with van der Waals surface area (Å²) in [5.74, 6) is -0.260. The Morgan fingerprint density at radius 1 is 1.53 bits per heavy atom. The molecule has 4 nitrogen and oxygen atoms in total. The predicted octanol–water partition coefficient (Wildman–Crippen LogP) is 3.88. The highest BCUT2D eigenvalue weighted by molar-refractivity contribution is 9.10. The predicted molar refractivity (Wildman–Crippen MR) is 79.7 cm³/mol. The second-order valence-corrected chi connectivity index (χ2v) is 5.31. The molecule has 1 heterocycles. The van der Waals surface area contributed by atoms with E-state index in [0.717, 1.165) is 5.56 Å². The molecule has 1 aromatic heterocycles. The van der Waals surface area contributed by atoms with E-state index < -0.39 is 0 Å². The lowest BCUT2D eigenvalue weighted by Gasteiger charge is -2.08. The first-order valence-electron chi connectivity index (χ1n) is 5.82. The summed E-state index contributed by atoms with van der Waals surface area (Å²) in [5, 5.41) is 7.64. The molecular formula is C13H13BrClN3O. The third kappa shape index (κ3) is 2.98. The molecule has 1 aromatic carbocycles. The summed E-state index contributed by atoms with van der Waals surface area (Å²) >= 11 is 9.36. The zero-order chi connectivity index (χ0) is 14.0. The van der Waals surface area contributed by atoms with Crippen molar-refractivity contribution >= 4 is 39.1 Å². The van der Waals surface area contributed by atoms with Crippen molar-refractivity contribution in [2.45, 2.75) is 20.4 Å². The Hall–Kier alpha value is -1.33. The van der Waals surface area contributed by atoms with Crippen LogP contribution in [-0.2, 0) is 6.54 Å². The summed E-state index contributed by atoms with van der Waals surface area (Å²) in [6.45, 7) is 4.53. The number of aromatic nitrogens is 2. The number of hydrogen-bond donors (Lipinski definition) is 1. The second kappa shape index (κ2) is 5.75. The molecule has 0 fully saturated rings. The standard InChI is InChI=1S/C13H13BrClN3O/c1-3-18-7-9(14)12(17-18)13(19)16-11-6-4-5-10(15)8(11)2/h4-7H,3H2,1-2H3,(H,16,19). The third-order valence-electron chi connectivity index (χ3n) is 2.77. The Bertz CT molecular complexity index is 624. The van der Waals surface area contributed by atoms with Crippen LogP contribution in [0.25, 0.3) is 0 Å². The average molecular weight is 343 g/mol. The number of carbonyl (C=O) groups is 1. The molecule has 0 bridgehead atoms. The van der Waals surface area contributed by atoms with Crippen molar-refractivity contribution in [1.82, 2.24) is 9.78 Å². The Morgan fingerprint density at radius 3 is 2.89 bits per heavy atom. The number of nitrogens with zero attached hydrogens (tertiary/aromatic N) is 2. The third-order valence-corrected chi connectivity index (χ3v) is 3.76. The molecule has 2 rings (SSSR count). The summed E-state index contributed by atoms with van der Waals surface area (Å²) in [7, 11) is 0. The van der Waals surface area contributed by atoms with E-state index in [1.165, 1.54) is 0 Å². The molecule has 1 amide bonds. The van der Waals surface area contributed by atoms with E-state index in [2.05, 4.69) is 26.3 Å². The first-order valence-corrected chi connectivity index (χ1v) is 6.99. The van der Waals surface area contributed by atoms with Crippen LogP contribution < -0.4 is 5.32 Å². The van der Waals surface area contributed by atoms with E-state index in [1.54, 1.807) is 23.0 Å². The van der Waals surface area contributed by atoms with Crippen molar-refractivity contribution in [3.63, 3.8) is 0 Å². The van der Waals surface area contributed by atoms with Gasteiger partial charge in [-0.05, 0) is 47.5 Å². The molecule has 1 N–H and O–H groups in total. The van der Waals surface area contributed by atoms with Gasteiger partial charge in [-0.25, -0.2) is 0 Å². The first kappa shape index (κ1) is 14.1. The van der Waals surface area contributed by atoms with Gasteiger partial charge in [0.25, 0.3) is 5.91 Å². The Labute approximate surface area is 124 Å². The van der Waals surface area contributed by atoms with Gasteiger partial charge in [-0.15, -0.1) is 0 Å². The van der Waals surface area contributed by atoms with Gasteiger partial charge >= 0.3 is 0 Å². The van der Waals surface area contributed by atoms with E-state index in [0.29, 0.717) is 27.4 Å². The Kier molecular flexibility index (Phi) is 4.27. The molecule has 0 aliphatic rings. The number of carbonyl (C=O) groups excluding carboxylic acids is 1. The molecule has 0 atom stereocenters. The van der Waals surface area contributed by atoms with Gasteiger partial charge in [0.2, 0.25) is 0 Å². The first-order chi connectivity index (χ1) is 9.02. The fourth-order valence-electron chi connectivity index (χ4n) is 1.64. The van der Waals surface area contributed by atoms with Crippen LogP contribution in [0.5, 0.6) is 0 Å². The van der Waals surface area contributed by atoms with Crippen LogP contribution in [0.3, 0.4) is 0 Å². The SMILES string of the molecule is CCn1cc(Br)c(C(=O)Nc2cccc(Cl)c2C)n1. The van der Waals surface area contributed by atoms with E-state index in [1.807, 2.05) is 19.9 Å². The highest BCUT2D eigenvalue weighted by Gasteiger charge is 2.16. The lowest BCUT2D eigenvalue weighted by Crippen LogP contribution is -2.14. The summed E-state index contributed by atoms with van der Waals surface area (Å²) in [5.41, 5.74) is 1.89. The van der Waals surface area contributed by atoms with Crippen LogP contribution in [0, 0.1) is 6.92 Å². The molecule has 100 valence electrons. The van der Waals surface area contributed by atoms with Crippen molar-refractivity contribution in [3.05, 3.63) is 45.1 Å². The quantitative estimate of drug-likeness (QED) is 0.920. The van der Waals surface area contributed by atoms with Crippen LogP contribution in [0.15, 0.2) is 28.9 Å². The van der Waals surface area contributed by atoms with Crippen LogP contribution in [0.4, 0.5) is 5.69 Å². The number of hydrogen-bond acceptors (Lipinski definition) is 2. The van der Waals surface area contributed by atoms with Crippen LogP contribution >= 0.6 is 27.5 Å². The molecule has 0 aliphatic heterocycles. The van der Waals surface area contributed by atoms with E-state index in [9.17, 15) is 4.79 Å². The van der Waals surface area contributed by atoms with Crippen LogP contribution in [0.2, 0.25) is 5.02 Å². The zero-order valence-corrected chi connectivity index (χ0v) is 12.9. The number of anilines is 1. The highest BCUT2D eigenvalue weighted by Crippen LogP contribution is 2.24. The van der Waals surface area contributed by atoms with Crippen LogP contribution in [-0.4, -0.2) is 15.7 Å². The fourth-order valence-corrected chi connectivity index (χ4v) is 2.31. The smallest absolute Gasteiger partial charge is 0.277 e. The number of aryl methyl sites for hydroxylation is 1. The van der Waals surface area contributed by atoms with Crippen molar-refractivity contribution in [3.8, 4) is 0 Å². The zero-order valence-electron chi connectivity index (χ0n) is 10.6. The minimum atomic E-state index is -0.260. The maximum Gasteiger partial charge on any atom is 0.277 e. The average Bonchev–Trinajstić information content (AvgIpc) is 2.76. The van der Waals surface area contributed by atoms with Gasteiger partial charge in [0, 0.05) is 23.5 Å². The van der Waals surface area contributed by atoms with E-state index in [-0.39, 0.29) is 5.91 Å². The second-order valence-electron chi connectivity index (χ2n) is 4.05. The Balaban J connectivity index is 2.25. The van der Waals surface area contributed by atoms with Crippen molar-refractivity contribution < 1.29 is 4.79 Å². The maximum absolute atomic E-state index is 12.2. The Morgan fingerprint density at radius 2 is 2.26 bits per heavy atom.